The highest BCUT2D eigenvalue weighted by Gasteiger charge is 2.44. The highest BCUT2D eigenvalue weighted by molar-refractivity contribution is 7.00. The van der Waals surface area contributed by atoms with E-state index in [2.05, 4.69) is 155 Å². The van der Waals surface area contributed by atoms with E-state index in [4.69, 9.17) is 0 Å². The lowest BCUT2D eigenvalue weighted by Gasteiger charge is -2.45. The summed E-state index contributed by atoms with van der Waals surface area (Å²) < 4.78 is 0. The molecule has 0 N–H and O–H groups in total. The van der Waals surface area contributed by atoms with Crippen molar-refractivity contribution in [1.29, 1.82) is 0 Å². The van der Waals surface area contributed by atoms with Crippen LogP contribution in [0.25, 0.3) is 0 Å². The van der Waals surface area contributed by atoms with Crippen LogP contribution in [0.5, 0.6) is 0 Å². The zero-order valence-corrected chi connectivity index (χ0v) is 28.5. The summed E-state index contributed by atoms with van der Waals surface area (Å²) in [6.07, 6.45) is 4.86. The molecule has 0 amide bonds. The Hall–Kier alpha value is -4.24. The molecule has 230 valence electrons. The molecule has 0 aromatic heterocycles. The molecule has 2 heterocycles. The van der Waals surface area contributed by atoms with E-state index in [1.54, 1.807) is 0 Å². The van der Waals surface area contributed by atoms with Crippen molar-refractivity contribution in [3.8, 4) is 0 Å². The van der Waals surface area contributed by atoms with Crippen LogP contribution in [0.1, 0.15) is 82.2 Å². The Morgan fingerprint density at radius 3 is 1.91 bits per heavy atom. The van der Waals surface area contributed by atoms with E-state index in [1.807, 2.05) is 0 Å². The molecule has 46 heavy (non-hydrogen) atoms. The first-order valence-electron chi connectivity index (χ1n) is 17.2. The molecule has 2 aliphatic heterocycles. The van der Waals surface area contributed by atoms with E-state index >= 15 is 0 Å². The second kappa shape index (κ2) is 10.4. The van der Waals surface area contributed by atoms with Gasteiger partial charge >= 0.3 is 0 Å². The minimum Gasteiger partial charge on any atom is -0.311 e. The molecule has 8 rings (SSSR count). The maximum Gasteiger partial charge on any atom is 0.252 e. The maximum absolute atomic E-state index is 2.61. The Morgan fingerprint density at radius 1 is 0.543 bits per heavy atom. The van der Waals surface area contributed by atoms with Crippen molar-refractivity contribution in [2.45, 2.75) is 85.0 Å². The van der Waals surface area contributed by atoms with Gasteiger partial charge in [-0.15, -0.1) is 0 Å². The number of hydrogen-bond acceptors (Lipinski definition) is 2. The first-order chi connectivity index (χ1) is 22.0. The van der Waals surface area contributed by atoms with Crippen molar-refractivity contribution < 1.29 is 0 Å². The molecular formula is C43H45BN2. The molecule has 5 aromatic carbocycles. The van der Waals surface area contributed by atoms with Gasteiger partial charge in [0.15, 0.2) is 0 Å². The number of aryl methyl sites for hydroxylation is 2. The van der Waals surface area contributed by atoms with Crippen LogP contribution >= 0.6 is 0 Å². The van der Waals surface area contributed by atoms with Gasteiger partial charge in [0.1, 0.15) is 0 Å². The highest BCUT2D eigenvalue weighted by atomic mass is 15.2. The first kappa shape index (κ1) is 29.2. The minimum atomic E-state index is 0.0495. The predicted octanol–water partition coefficient (Wildman–Crippen LogP) is 9.55. The summed E-state index contributed by atoms with van der Waals surface area (Å²) in [7, 11) is 0. The van der Waals surface area contributed by atoms with Crippen LogP contribution in [-0.2, 0) is 23.7 Å². The fraction of sp³-hybridized carbons (Fsp3) is 0.302. The molecule has 0 bridgehead atoms. The summed E-state index contributed by atoms with van der Waals surface area (Å²) in [6, 6.07) is 37.7. The Balaban J connectivity index is 1.44. The van der Waals surface area contributed by atoms with Crippen LogP contribution in [0.15, 0.2) is 97.1 Å². The SMILES string of the molecule is Cc1cc2c3c(c1)N(c1cccc4c1CCCC4)c1ccccc1B3c1cc(C(C)(C)C)ccc1N2c1ccc(C(C)(C)C)cc1. The third-order valence-electron chi connectivity index (χ3n) is 10.6. The van der Waals surface area contributed by atoms with E-state index in [9.17, 15) is 0 Å². The summed E-state index contributed by atoms with van der Waals surface area (Å²) in [5, 5.41) is 0. The Kier molecular flexibility index (Phi) is 6.59. The number of hydrogen-bond donors (Lipinski definition) is 0. The monoisotopic (exact) mass is 600 g/mol. The zero-order valence-electron chi connectivity index (χ0n) is 28.5. The molecule has 0 spiro atoms. The standard InChI is InChI=1S/C43H45BN2/c1-28-25-39-41-40(26-28)46(36-18-12-14-29-13-8-9-15-33(29)36)37-17-11-10-16-34(37)44(41)35-27-31(43(5,6)7)21-24-38(35)45(39)32-22-19-30(20-23-32)42(2,3)4/h10-12,14,16-27H,8-9,13,15H2,1-7H3. The van der Waals surface area contributed by atoms with Gasteiger partial charge in [0.2, 0.25) is 0 Å². The maximum atomic E-state index is 2.61. The Morgan fingerprint density at radius 2 is 1.17 bits per heavy atom. The lowest BCUT2D eigenvalue weighted by atomic mass is 9.33. The zero-order chi connectivity index (χ0) is 32.0. The Labute approximate surface area is 276 Å². The number of anilines is 6. The number of benzene rings is 5. The van der Waals surface area contributed by atoms with Crippen LogP contribution in [0.4, 0.5) is 34.1 Å². The fourth-order valence-electron chi connectivity index (χ4n) is 8.17. The van der Waals surface area contributed by atoms with Crippen molar-refractivity contribution in [3.05, 3.63) is 125 Å². The van der Waals surface area contributed by atoms with Crippen molar-refractivity contribution in [2.24, 2.45) is 0 Å². The van der Waals surface area contributed by atoms with Gasteiger partial charge in [-0.2, -0.15) is 0 Å². The van der Waals surface area contributed by atoms with E-state index in [0.717, 1.165) is 6.42 Å². The summed E-state index contributed by atoms with van der Waals surface area (Å²) in [6.45, 7) is 16.3. The van der Waals surface area contributed by atoms with Gasteiger partial charge in [0.25, 0.3) is 6.71 Å². The van der Waals surface area contributed by atoms with E-state index in [-0.39, 0.29) is 17.5 Å². The molecule has 0 saturated carbocycles. The molecular weight excluding hydrogens is 555 g/mol. The quantitative estimate of drug-likeness (QED) is 0.182. The molecule has 0 radical (unpaired) electrons. The van der Waals surface area contributed by atoms with E-state index < -0.39 is 0 Å². The van der Waals surface area contributed by atoms with Crippen molar-refractivity contribution in [3.63, 3.8) is 0 Å². The average Bonchev–Trinajstić information content (AvgIpc) is 3.03. The number of nitrogens with zero attached hydrogens (tertiary/aromatic N) is 2. The van der Waals surface area contributed by atoms with E-state index in [0.29, 0.717) is 0 Å². The molecule has 5 aromatic rings. The second-order valence-corrected chi connectivity index (χ2v) is 15.8. The van der Waals surface area contributed by atoms with Gasteiger partial charge in [-0.25, -0.2) is 0 Å². The van der Waals surface area contributed by atoms with Gasteiger partial charge in [0, 0.05) is 34.1 Å². The van der Waals surface area contributed by atoms with Gasteiger partial charge in [0.05, 0.1) is 0 Å². The smallest absolute Gasteiger partial charge is 0.252 e. The number of fused-ring (bicyclic) bond motifs is 5. The minimum absolute atomic E-state index is 0.0495. The summed E-state index contributed by atoms with van der Waals surface area (Å²) >= 11 is 0. The van der Waals surface area contributed by atoms with E-state index in [1.165, 1.54) is 97.6 Å². The lowest BCUT2D eigenvalue weighted by molar-refractivity contribution is 0.590. The molecule has 0 saturated heterocycles. The van der Waals surface area contributed by atoms with Crippen LogP contribution in [0, 0.1) is 6.92 Å². The Bertz CT molecular complexity index is 1990. The molecule has 2 nitrogen and oxygen atoms in total. The number of rotatable bonds is 2. The van der Waals surface area contributed by atoms with Crippen molar-refractivity contribution in [1.82, 2.24) is 0 Å². The third kappa shape index (κ3) is 4.54. The van der Waals surface area contributed by atoms with Crippen LogP contribution in [0.2, 0.25) is 0 Å². The molecule has 0 atom stereocenters. The fourth-order valence-corrected chi connectivity index (χ4v) is 8.17. The molecule has 0 unspecified atom stereocenters. The summed E-state index contributed by atoms with van der Waals surface area (Å²) in [5.74, 6) is 0. The highest BCUT2D eigenvalue weighted by Crippen LogP contribution is 2.46. The van der Waals surface area contributed by atoms with Gasteiger partial charge in [-0.1, -0.05) is 96.1 Å². The second-order valence-electron chi connectivity index (χ2n) is 15.8. The molecule has 1 aliphatic carbocycles. The van der Waals surface area contributed by atoms with Crippen molar-refractivity contribution >= 4 is 57.2 Å². The third-order valence-corrected chi connectivity index (χ3v) is 10.6. The topological polar surface area (TPSA) is 6.48 Å². The van der Waals surface area contributed by atoms with Gasteiger partial charge in [-0.3, -0.25) is 0 Å². The lowest BCUT2D eigenvalue weighted by Crippen LogP contribution is -2.61. The van der Waals surface area contributed by atoms with Crippen LogP contribution in [-0.4, -0.2) is 6.71 Å². The number of para-hydroxylation sites is 1. The van der Waals surface area contributed by atoms with Crippen molar-refractivity contribution in [2.75, 3.05) is 9.80 Å². The normalized spacial score (nSPS) is 15.2. The summed E-state index contributed by atoms with van der Waals surface area (Å²) in [4.78, 5) is 5.16. The summed E-state index contributed by atoms with van der Waals surface area (Å²) in [5.41, 5.74) is 19.2. The molecule has 0 fully saturated rings. The molecule has 3 heteroatoms. The van der Waals surface area contributed by atoms with Crippen LogP contribution < -0.4 is 26.2 Å². The molecule has 3 aliphatic rings. The largest absolute Gasteiger partial charge is 0.311 e. The van der Waals surface area contributed by atoms with Crippen LogP contribution in [0.3, 0.4) is 0 Å². The predicted molar refractivity (Wildman–Crippen MR) is 199 cm³/mol. The average molecular weight is 601 g/mol. The van der Waals surface area contributed by atoms with Gasteiger partial charge in [-0.05, 0) is 130 Å². The van der Waals surface area contributed by atoms with Gasteiger partial charge < -0.3 is 9.80 Å². The first-order valence-corrected chi connectivity index (χ1v) is 17.2.